The SMILES string of the molecule is O=C(NCC1CC1c1ccc(Cl)cc1Cl)C1CCCC1O. The lowest BCUT2D eigenvalue weighted by Crippen LogP contribution is -2.35. The van der Waals surface area contributed by atoms with Crippen molar-refractivity contribution in [3.05, 3.63) is 33.8 Å². The topological polar surface area (TPSA) is 49.3 Å². The van der Waals surface area contributed by atoms with E-state index >= 15 is 0 Å². The Morgan fingerprint density at radius 2 is 2.14 bits per heavy atom. The summed E-state index contributed by atoms with van der Waals surface area (Å²) < 4.78 is 0. The number of benzene rings is 1. The zero-order valence-electron chi connectivity index (χ0n) is 11.7. The summed E-state index contributed by atoms with van der Waals surface area (Å²) in [5, 5.41) is 14.1. The van der Waals surface area contributed by atoms with Gasteiger partial charge in [0.15, 0.2) is 0 Å². The van der Waals surface area contributed by atoms with Gasteiger partial charge in [-0.15, -0.1) is 0 Å². The predicted molar refractivity (Wildman–Crippen MR) is 83.7 cm³/mol. The molecule has 1 aromatic carbocycles. The van der Waals surface area contributed by atoms with Gasteiger partial charge in [-0.3, -0.25) is 4.79 Å². The first kappa shape index (κ1) is 15.1. The molecule has 0 aromatic heterocycles. The average molecular weight is 328 g/mol. The van der Waals surface area contributed by atoms with Crippen molar-refractivity contribution >= 4 is 29.1 Å². The first-order valence-corrected chi connectivity index (χ1v) is 8.22. The van der Waals surface area contributed by atoms with Gasteiger partial charge in [0.25, 0.3) is 0 Å². The highest BCUT2D eigenvalue weighted by Gasteiger charge is 2.40. The third-order valence-corrected chi connectivity index (χ3v) is 5.20. The fraction of sp³-hybridized carbons (Fsp3) is 0.562. The van der Waals surface area contributed by atoms with Gasteiger partial charge in [-0.05, 0) is 55.2 Å². The molecule has 2 N–H and O–H groups in total. The van der Waals surface area contributed by atoms with Crippen LogP contribution in [0.1, 0.15) is 37.2 Å². The summed E-state index contributed by atoms with van der Waals surface area (Å²) in [7, 11) is 0. The molecule has 3 rings (SSSR count). The Kier molecular flexibility index (Phi) is 4.43. The second-order valence-electron chi connectivity index (χ2n) is 6.12. The molecule has 114 valence electrons. The highest BCUT2D eigenvalue weighted by Crippen LogP contribution is 2.49. The molecule has 0 saturated heterocycles. The molecule has 2 aliphatic carbocycles. The summed E-state index contributed by atoms with van der Waals surface area (Å²) in [5.41, 5.74) is 1.11. The molecule has 3 nitrogen and oxygen atoms in total. The molecule has 0 bridgehead atoms. The largest absolute Gasteiger partial charge is 0.392 e. The minimum atomic E-state index is -0.467. The lowest BCUT2D eigenvalue weighted by molar-refractivity contribution is -0.127. The van der Waals surface area contributed by atoms with E-state index in [1.165, 1.54) is 0 Å². The Morgan fingerprint density at radius 3 is 2.81 bits per heavy atom. The van der Waals surface area contributed by atoms with E-state index < -0.39 is 6.10 Å². The van der Waals surface area contributed by atoms with Gasteiger partial charge in [-0.1, -0.05) is 29.3 Å². The molecule has 0 spiro atoms. The second kappa shape index (κ2) is 6.15. The Bertz CT molecular complexity index is 549. The number of halogens is 2. The van der Waals surface area contributed by atoms with Gasteiger partial charge in [-0.2, -0.15) is 0 Å². The summed E-state index contributed by atoms with van der Waals surface area (Å²) >= 11 is 12.1. The molecule has 4 unspecified atom stereocenters. The van der Waals surface area contributed by atoms with E-state index in [0.29, 0.717) is 28.4 Å². The van der Waals surface area contributed by atoms with Crippen molar-refractivity contribution in [3.8, 4) is 0 Å². The Balaban J connectivity index is 1.51. The zero-order valence-corrected chi connectivity index (χ0v) is 13.2. The van der Waals surface area contributed by atoms with Crippen molar-refractivity contribution < 1.29 is 9.90 Å². The number of nitrogens with one attached hydrogen (secondary N) is 1. The first-order valence-electron chi connectivity index (χ1n) is 7.47. The maximum atomic E-state index is 12.0. The maximum absolute atomic E-state index is 12.0. The highest BCUT2D eigenvalue weighted by molar-refractivity contribution is 6.35. The van der Waals surface area contributed by atoms with Crippen molar-refractivity contribution in [1.82, 2.24) is 5.32 Å². The van der Waals surface area contributed by atoms with E-state index in [2.05, 4.69) is 5.32 Å². The minimum absolute atomic E-state index is 0.00662. The maximum Gasteiger partial charge on any atom is 0.225 e. The van der Waals surface area contributed by atoms with Crippen molar-refractivity contribution in [2.45, 2.75) is 37.7 Å². The van der Waals surface area contributed by atoms with Crippen molar-refractivity contribution in [1.29, 1.82) is 0 Å². The molecule has 0 aliphatic heterocycles. The normalized spacial score (nSPS) is 31.2. The molecule has 2 fully saturated rings. The van der Waals surface area contributed by atoms with Gasteiger partial charge in [-0.25, -0.2) is 0 Å². The molecule has 0 radical (unpaired) electrons. The van der Waals surface area contributed by atoms with E-state index in [9.17, 15) is 9.90 Å². The second-order valence-corrected chi connectivity index (χ2v) is 6.96. The quantitative estimate of drug-likeness (QED) is 0.890. The summed E-state index contributed by atoms with van der Waals surface area (Å²) in [5.74, 6) is 0.615. The van der Waals surface area contributed by atoms with E-state index in [-0.39, 0.29) is 11.8 Å². The van der Waals surface area contributed by atoms with Crippen LogP contribution in [0.5, 0.6) is 0 Å². The van der Waals surface area contributed by atoms with Gasteiger partial charge in [0.2, 0.25) is 5.91 Å². The molecule has 2 aliphatic rings. The first-order chi connectivity index (χ1) is 10.1. The fourth-order valence-electron chi connectivity index (χ4n) is 3.27. The van der Waals surface area contributed by atoms with Crippen molar-refractivity contribution in [2.24, 2.45) is 11.8 Å². The highest BCUT2D eigenvalue weighted by atomic mass is 35.5. The zero-order chi connectivity index (χ0) is 15.0. The predicted octanol–water partition coefficient (Wildman–Crippen LogP) is 3.37. The Labute approximate surface area is 134 Å². The molecule has 0 heterocycles. The van der Waals surface area contributed by atoms with E-state index in [1.54, 1.807) is 6.07 Å². The number of carbonyl (C=O) groups is 1. The minimum Gasteiger partial charge on any atom is -0.392 e. The van der Waals surface area contributed by atoms with Crippen LogP contribution in [0.25, 0.3) is 0 Å². The standard InChI is InChI=1S/C16H19Cl2NO2/c17-10-4-5-11(14(18)7-10)13-6-9(13)8-19-16(21)12-2-1-3-15(12)20/h4-5,7,9,12-13,15,20H,1-3,6,8H2,(H,19,21). The summed E-state index contributed by atoms with van der Waals surface area (Å²) in [6.45, 7) is 0.658. The van der Waals surface area contributed by atoms with Crippen LogP contribution >= 0.6 is 23.2 Å². The Morgan fingerprint density at radius 1 is 1.33 bits per heavy atom. The molecular weight excluding hydrogens is 309 g/mol. The number of hydrogen-bond acceptors (Lipinski definition) is 2. The summed E-state index contributed by atoms with van der Waals surface area (Å²) in [6, 6.07) is 5.59. The average Bonchev–Trinajstić information content (AvgIpc) is 3.07. The van der Waals surface area contributed by atoms with Crippen LogP contribution in [-0.4, -0.2) is 23.7 Å². The summed E-state index contributed by atoms with van der Waals surface area (Å²) in [6.07, 6.45) is 3.04. The summed E-state index contributed by atoms with van der Waals surface area (Å²) in [4.78, 5) is 12.0. The lowest BCUT2D eigenvalue weighted by Gasteiger charge is -2.14. The number of carbonyl (C=O) groups excluding carboxylic acids is 1. The van der Waals surface area contributed by atoms with E-state index in [4.69, 9.17) is 23.2 Å². The van der Waals surface area contributed by atoms with Crippen LogP contribution in [0.2, 0.25) is 10.0 Å². The molecule has 5 heteroatoms. The van der Waals surface area contributed by atoms with Crippen LogP contribution in [-0.2, 0) is 4.79 Å². The van der Waals surface area contributed by atoms with Gasteiger partial charge in [0.05, 0.1) is 12.0 Å². The van der Waals surface area contributed by atoms with Gasteiger partial charge in [0.1, 0.15) is 0 Å². The van der Waals surface area contributed by atoms with Crippen LogP contribution in [0.15, 0.2) is 18.2 Å². The van der Waals surface area contributed by atoms with Crippen molar-refractivity contribution in [2.75, 3.05) is 6.54 Å². The van der Waals surface area contributed by atoms with Gasteiger partial charge < -0.3 is 10.4 Å². The monoisotopic (exact) mass is 327 g/mol. The van der Waals surface area contributed by atoms with Gasteiger partial charge in [0, 0.05) is 16.6 Å². The van der Waals surface area contributed by atoms with Crippen LogP contribution < -0.4 is 5.32 Å². The third kappa shape index (κ3) is 3.36. The molecule has 21 heavy (non-hydrogen) atoms. The van der Waals surface area contributed by atoms with Crippen LogP contribution in [0.4, 0.5) is 0 Å². The third-order valence-electron chi connectivity index (χ3n) is 4.64. The number of aliphatic hydroxyl groups excluding tert-OH is 1. The molecular formula is C16H19Cl2NO2. The molecule has 4 atom stereocenters. The molecule has 1 aromatic rings. The molecule has 2 saturated carbocycles. The lowest BCUT2D eigenvalue weighted by atomic mass is 10.1. The number of hydrogen-bond donors (Lipinski definition) is 2. The number of amides is 1. The fourth-order valence-corrected chi connectivity index (χ4v) is 3.81. The van der Waals surface area contributed by atoms with Crippen LogP contribution in [0, 0.1) is 11.8 Å². The van der Waals surface area contributed by atoms with Crippen LogP contribution in [0.3, 0.4) is 0 Å². The van der Waals surface area contributed by atoms with E-state index in [1.807, 2.05) is 12.1 Å². The smallest absolute Gasteiger partial charge is 0.225 e. The van der Waals surface area contributed by atoms with E-state index in [0.717, 1.165) is 31.2 Å². The van der Waals surface area contributed by atoms with Crippen molar-refractivity contribution in [3.63, 3.8) is 0 Å². The Hall–Kier alpha value is -0.770. The van der Waals surface area contributed by atoms with Gasteiger partial charge >= 0.3 is 0 Å². The number of rotatable bonds is 4. The number of aliphatic hydroxyl groups is 1. The molecule has 1 amide bonds.